The van der Waals surface area contributed by atoms with Crippen LogP contribution in [0.2, 0.25) is 0 Å². The lowest BCUT2D eigenvalue weighted by atomic mass is 10.2. The number of carbonyl (C=O) groups is 1. The monoisotopic (exact) mass is 277 g/mol. The standard InChI is InChI=1S/C11H11N5O4/c1-2-8-12-10(15-14-8)11(18)13-9-6(16(19)20)4-3-5-7(9)17/h3-5,17H,2H2,1H3,(H,13,18)(H,12,14,15). The first kappa shape index (κ1) is 13.5. The molecule has 0 aliphatic rings. The number of H-pyrrole nitrogens is 1. The summed E-state index contributed by atoms with van der Waals surface area (Å²) in [6.45, 7) is 1.83. The van der Waals surface area contributed by atoms with Crippen molar-refractivity contribution >= 4 is 17.3 Å². The topological polar surface area (TPSA) is 134 Å². The fourth-order valence-corrected chi connectivity index (χ4v) is 1.53. The van der Waals surface area contributed by atoms with Gasteiger partial charge in [0.15, 0.2) is 5.69 Å². The van der Waals surface area contributed by atoms with Crippen molar-refractivity contribution in [3.63, 3.8) is 0 Å². The van der Waals surface area contributed by atoms with Crippen molar-refractivity contribution in [3.8, 4) is 5.75 Å². The highest BCUT2D eigenvalue weighted by Gasteiger charge is 2.21. The third-order valence-corrected chi connectivity index (χ3v) is 2.53. The van der Waals surface area contributed by atoms with E-state index in [0.717, 1.165) is 0 Å². The highest BCUT2D eigenvalue weighted by Crippen LogP contribution is 2.33. The van der Waals surface area contributed by atoms with E-state index in [2.05, 4.69) is 20.5 Å². The number of anilines is 1. The Morgan fingerprint density at radius 3 is 2.90 bits per heavy atom. The summed E-state index contributed by atoms with van der Waals surface area (Å²) in [7, 11) is 0. The van der Waals surface area contributed by atoms with Gasteiger partial charge in [-0.3, -0.25) is 20.0 Å². The fraction of sp³-hybridized carbons (Fsp3) is 0.182. The van der Waals surface area contributed by atoms with E-state index in [9.17, 15) is 20.0 Å². The van der Waals surface area contributed by atoms with Gasteiger partial charge in [0, 0.05) is 12.5 Å². The number of nitro benzene ring substituents is 1. The molecule has 0 unspecified atom stereocenters. The Balaban J connectivity index is 2.30. The SMILES string of the molecule is CCc1nc(C(=O)Nc2c(O)cccc2[N+](=O)[O-])n[nH]1. The lowest BCUT2D eigenvalue weighted by molar-refractivity contribution is -0.384. The molecule has 9 heteroatoms. The lowest BCUT2D eigenvalue weighted by Crippen LogP contribution is -2.15. The van der Waals surface area contributed by atoms with Crippen molar-refractivity contribution in [1.82, 2.24) is 15.2 Å². The normalized spacial score (nSPS) is 10.2. The summed E-state index contributed by atoms with van der Waals surface area (Å²) in [6, 6.07) is 3.72. The number of nitrogens with one attached hydrogen (secondary N) is 2. The van der Waals surface area contributed by atoms with Gasteiger partial charge in [0.2, 0.25) is 5.82 Å². The number of aromatic amines is 1. The van der Waals surface area contributed by atoms with Gasteiger partial charge in [0.05, 0.1) is 4.92 Å². The number of hydrogen-bond donors (Lipinski definition) is 3. The summed E-state index contributed by atoms with van der Waals surface area (Å²) < 4.78 is 0. The molecule has 0 spiro atoms. The van der Waals surface area contributed by atoms with Crippen LogP contribution < -0.4 is 5.32 Å². The summed E-state index contributed by atoms with van der Waals surface area (Å²) in [5.74, 6) is -0.786. The summed E-state index contributed by atoms with van der Waals surface area (Å²) >= 11 is 0. The minimum atomic E-state index is -0.745. The maximum absolute atomic E-state index is 11.9. The molecule has 0 saturated heterocycles. The van der Waals surface area contributed by atoms with Crippen LogP contribution in [0.3, 0.4) is 0 Å². The molecule has 2 aromatic rings. The van der Waals surface area contributed by atoms with Crippen LogP contribution in [0.4, 0.5) is 11.4 Å². The number of phenolic OH excluding ortho intramolecular Hbond substituents is 1. The molecule has 104 valence electrons. The Labute approximate surface area is 112 Å². The molecule has 0 bridgehead atoms. The number of para-hydroxylation sites is 1. The molecule has 0 radical (unpaired) electrons. The molecule has 0 saturated carbocycles. The van der Waals surface area contributed by atoms with Crippen molar-refractivity contribution in [3.05, 3.63) is 40.0 Å². The molecule has 0 aliphatic heterocycles. The second kappa shape index (κ2) is 5.34. The Morgan fingerprint density at radius 1 is 1.55 bits per heavy atom. The van der Waals surface area contributed by atoms with Crippen LogP contribution in [0.15, 0.2) is 18.2 Å². The molecule has 1 heterocycles. The number of aromatic hydroxyl groups is 1. The van der Waals surface area contributed by atoms with Crippen molar-refractivity contribution in [2.24, 2.45) is 0 Å². The van der Waals surface area contributed by atoms with Gasteiger partial charge in [0.25, 0.3) is 11.6 Å². The van der Waals surface area contributed by atoms with E-state index in [1.54, 1.807) is 0 Å². The van der Waals surface area contributed by atoms with E-state index in [1.165, 1.54) is 18.2 Å². The van der Waals surface area contributed by atoms with Gasteiger partial charge in [-0.05, 0) is 6.07 Å². The van der Waals surface area contributed by atoms with Crippen molar-refractivity contribution in [2.75, 3.05) is 5.32 Å². The number of aromatic nitrogens is 3. The van der Waals surface area contributed by atoms with Crippen LogP contribution in [-0.4, -0.2) is 31.1 Å². The molecular weight excluding hydrogens is 266 g/mol. The summed E-state index contributed by atoms with van der Waals surface area (Å²) in [4.78, 5) is 25.9. The van der Waals surface area contributed by atoms with Gasteiger partial charge in [0.1, 0.15) is 11.6 Å². The van der Waals surface area contributed by atoms with Crippen LogP contribution in [0.1, 0.15) is 23.4 Å². The summed E-state index contributed by atoms with van der Waals surface area (Å²) in [5.41, 5.74) is -0.699. The minimum Gasteiger partial charge on any atom is -0.505 e. The van der Waals surface area contributed by atoms with Gasteiger partial charge >= 0.3 is 0 Å². The number of hydrogen-bond acceptors (Lipinski definition) is 6. The zero-order valence-corrected chi connectivity index (χ0v) is 10.5. The first-order valence-corrected chi connectivity index (χ1v) is 5.72. The van der Waals surface area contributed by atoms with E-state index in [-0.39, 0.29) is 11.5 Å². The first-order chi connectivity index (χ1) is 9.52. The number of nitrogens with zero attached hydrogens (tertiary/aromatic N) is 3. The Kier molecular flexibility index (Phi) is 3.60. The van der Waals surface area contributed by atoms with Crippen LogP contribution in [0.25, 0.3) is 0 Å². The number of carbonyl (C=O) groups excluding carboxylic acids is 1. The Morgan fingerprint density at radius 2 is 2.30 bits per heavy atom. The third-order valence-electron chi connectivity index (χ3n) is 2.53. The van der Waals surface area contributed by atoms with E-state index in [0.29, 0.717) is 12.2 Å². The Hall–Kier alpha value is -2.97. The predicted molar refractivity (Wildman–Crippen MR) is 68.5 cm³/mol. The zero-order valence-electron chi connectivity index (χ0n) is 10.5. The number of benzene rings is 1. The van der Waals surface area contributed by atoms with Gasteiger partial charge in [-0.1, -0.05) is 13.0 Å². The van der Waals surface area contributed by atoms with Crippen molar-refractivity contribution in [1.29, 1.82) is 0 Å². The molecule has 0 fully saturated rings. The van der Waals surface area contributed by atoms with Crippen molar-refractivity contribution < 1.29 is 14.8 Å². The highest BCUT2D eigenvalue weighted by atomic mass is 16.6. The number of aryl methyl sites for hydroxylation is 1. The smallest absolute Gasteiger partial charge is 0.296 e. The lowest BCUT2D eigenvalue weighted by Gasteiger charge is -2.05. The van der Waals surface area contributed by atoms with E-state index in [1.807, 2.05) is 6.92 Å². The molecule has 1 aromatic heterocycles. The van der Waals surface area contributed by atoms with Gasteiger partial charge in [-0.2, -0.15) is 0 Å². The highest BCUT2D eigenvalue weighted by molar-refractivity contribution is 6.03. The zero-order chi connectivity index (χ0) is 14.7. The van der Waals surface area contributed by atoms with E-state index >= 15 is 0 Å². The fourth-order valence-electron chi connectivity index (χ4n) is 1.53. The number of rotatable bonds is 4. The molecule has 2 rings (SSSR count). The van der Waals surface area contributed by atoms with Crippen molar-refractivity contribution in [2.45, 2.75) is 13.3 Å². The molecule has 0 atom stereocenters. The van der Waals surface area contributed by atoms with Crippen LogP contribution in [0, 0.1) is 10.1 Å². The molecule has 0 aliphatic carbocycles. The van der Waals surface area contributed by atoms with E-state index < -0.39 is 22.3 Å². The molecule has 3 N–H and O–H groups in total. The van der Waals surface area contributed by atoms with Crippen LogP contribution in [-0.2, 0) is 6.42 Å². The maximum atomic E-state index is 11.9. The predicted octanol–water partition coefficient (Wildman–Crippen LogP) is 1.23. The molecular formula is C11H11N5O4. The van der Waals surface area contributed by atoms with Crippen LogP contribution >= 0.6 is 0 Å². The first-order valence-electron chi connectivity index (χ1n) is 5.72. The maximum Gasteiger partial charge on any atom is 0.296 e. The number of amides is 1. The molecule has 1 amide bonds. The van der Waals surface area contributed by atoms with E-state index in [4.69, 9.17) is 0 Å². The molecule has 20 heavy (non-hydrogen) atoms. The number of phenols is 1. The van der Waals surface area contributed by atoms with Gasteiger partial charge < -0.3 is 10.4 Å². The summed E-state index contributed by atoms with van der Waals surface area (Å²) in [6.07, 6.45) is 0.566. The second-order valence-corrected chi connectivity index (χ2v) is 3.84. The minimum absolute atomic E-state index is 0.153. The quantitative estimate of drug-likeness (QED) is 0.437. The average Bonchev–Trinajstić information content (AvgIpc) is 2.89. The molecule has 9 nitrogen and oxygen atoms in total. The Bertz CT molecular complexity index is 667. The average molecular weight is 277 g/mol. The molecule has 1 aromatic carbocycles. The number of nitro groups is 1. The summed E-state index contributed by atoms with van der Waals surface area (Å²) in [5, 5.41) is 28.9. The second-order valence-electron chi connectivity index (χ2n) is 3.84. The van der Waals surface area contributed by atoms with Gasteiger partial charge in [-0.15, -0.1) is 5.10 Å². The third kappa shape index (κ3) is 2.55. The van der Waals surface area contributed by atoms with Crippen LogP contribution in [0.5, 0.6) is 5.75 Å². The van der Waals surface area contributed by atoms with Gasteiger partial charge in [-0.25, -0.2) is 4.98 Å². The largest absolute Gasteiger partial charge is 0.505 e.